The number of hydrogen-bond acceptors (Lipinski definition) is 6. The van der Waals surface area contributed by atoms with Crippen LogP contribution in [0.4, 0.5) is 0 Å². The molecule has 1 aliphatic rings. The zero-order valence-corrected chi connectivity index (χ0v) is 17.5. The van der Waals surface area contributed by atoms with Crippen LogP contribution in [0.2, 0.25) is 0 Å². The van der Waals surface area contributed by atoms with Crippen LogP contribution in [0.1, 0.15) is 38.3 Å². The summed E-state index contributed by atoms with van der Waals surface area (Å²) in [5.41, 5.74) is 0.791. The molecule has 0 N–H and O–H groups in total. The molecule has 0 saturated carbocycles. The highest BCUT2D eigenvalue weighted by molar-refractivity contribution is 5.78. The Balaban J connectivity index is 1.76. The molecular weight excluding hydrogens is 368 g/mol. The number of carbonyl (C=O) groups is 1. The lowest BCUT2D eigenvalue weighted by atomic mass is 9.94. The van der Waals surface area contributed by atoms with Crippen molar-refractivity contribution in [3.8, 4) is 17.4 Å². The van der Waals surface area contributed by atoms with E-state index in [1.54, 1.807) is 19.5 Å². The average molecular weight is 399 g/mol. The molecule has 29 heavy (non-hydrogen) atoms. The van der Waals surface area contributed by atoms with Crippen molar-refractivity contribution in [1.29, 1.82) is 0 Å². The maximum absolute atomic E-state index is 12.8. The lowest BCUT2D eigenvalue weighted by Gasteiger charge is -2.34. The molecular formula is C22H30N4O3. The first kappa shape index (κ1) is 21.0. The number of hydrogen-bond donors (Lipinski definition) is 0. The van der Waals surface area contributed by atoms with Crippen LogP contribution >= 0.6 is 0 Å². The topological polar surface area (TPSA) is 67.8 Å². The minimum Gasteiger partial charge on any atom is -0.493 e. The van der Waals surface area contributed by atoms with Gasteiger partial charge in [-0.05, 0) is 38.1 Å². The Morgan fingerprint density at radius 1 is 1.17 bits per heavy atom. The number of benzene rings is 1. The Labute approximate surface area is 172 Å². The molecule has 1 saturated heterocycles. The molecule has 7 heteroatoms. The van der Waals surface area contributed by atoms with Crippen LogP contribution in [0.25, 0.3) is 0 Å². The Kier molecular flexibility index (Phi) is 7.41. The van der Waals surface area contributed by atoms with Gasteiger partial charge in [-0.15, -0.1) is 0 Å². The fourth-order valence-corrected chi connectivity index (χ4v) is 3.67. The van der Waals surface area contributed by atoms with Crippen LogP contribution in [0, 0.1) is 0 Å². The van der Waals surface area contributed by atoms with Gasteiger partial charge in [0.1, 0.15) is 5.69 Å². The smallest absolute Gasteiger partial charge is 0.241 e. The zero-order valence-electron chi connectivity index (χ0n) is 17.5. The SMILES string of the molecule is CCN(CC)CC(=O)N1CCC[C@H](c2nccnc2Oc2ccccc2OC)C1. The third-order valence-electron chi connectivity index (χ3n) is 5.38. The molecule has 0 unspecified atom stereocenters. The number of aromatic nitrogens is 2. The van der Waals surface area contributed by atoms with Gasteiger partial charge in [-0.2, -0.15) is 0 Å². The molecule has 1 fully saturated rings. The van der Waals surface area contributed by atoms with Crippen molar-refractivity contribution in [2.45, 2.75) is 32.6 Å². The predicted octanol–water partition coefficient (Wildman–Crippen LogP) is 3.33. The Bertz CT molecular complexity index is 810. The zero-order chi connectivity index (χ0) is 20.6. The van der Waals surface area contributed by atoms with E-state index >= 15 is 0 Å². The average Bonchev–Trinajstić information content (AvgIpc) is 2.78. The van der Waals surface area contributed by atoms with Crippen LogP contribution in [-0.2, 0) is 4.79 Å². The first-order valence-electron chi connectivity index (χ1n) is 10.3. The van der Waals surface area contributed by atoms with Crippen molar-refractivity contribution in [3.05, 3.63) is 42.4 Å². The maximum Gasteiger partial charge on any atom is 0.241 e. The second-order valence-electron chi connectivity index (χ2n) is 7.14. The summed E-state index contributed by atoms with van der Waals surface area (Å²) in [7, 11) is 1.61. The molecule has 0 bridgehead atoms. The molecule has 1 atom stereocenters. The number of rotatable bonds is 8. The summed E-state index contributed by atoms with van der Waals surface area (Å²) in [5.74, 6) is 1.99. The van der Waals surface area contributed by atoms with Gasteiger partial charge in [0, 0.05) is 31.4 Å². The summed E-state index contributed by atoms with van der Waals surface area (Å²) in [5, 5.41) is 0. The van der Waals surface area contributed by atoms with Crippen LogP contribution < -0.4 is 9.47 Å². The second-order valence-corrected chi connectivity index (χ2v) is 7.14. The van der Waals surface area contributed by atoms with E-state index in [-0.39, 0.29) is 11.8 Å². The molecule has 1 aliphatic heterocycles. The van der Waals surface area contributed by atoms with Crippen molar-refractivity contribution in [2.24, 2.45) is 0 Å². The van der Waals surface area contributed by atoms with E-state index in [0.717, 1.165) is 38.2 Å². The van der Waals surface area contributed by atoms with Crippen LogP contribution in [-0.4, -0.2) is 65.5 Å². The highest BCUT2D eigenvalue weighted by Gasteiger charge is 2.29. The van der Waals surface area contributed by atoms with Gasteiger partial charge in [0.15, 0.2) is 11.5 Å². The normalized spacial score (nSPS) is 16.7. The van der Waals surface area contributed by atoms with E-state index in [0.29, 0.717) is 30.5 Å². The highest BCUT2D eigenvalue weighted by Crippen LogP contribution is 2.35. The first-order valence-corrected chi connectivity index (χ1v) is 10.3. The van der Waals surface area contributed by atoms with E-state index in [2.05, 4.69) is 28.7 Å². The molecule has 3 rings (SSSR count). The quantitative estimate of drug-likeness (QED) is 0.679. The third kappa shape index (κ3) is 5.23. The number of likely N-dealkylation sites (N-methyl/N-ethyl adjacent to an activating group) is 1. The summed E-state index contributed by atoms with van der Waals surface area (Å²) < 4.78 is 11.4. The Morgan fingerprint density at radius 2 is 1.90 bits per heavy atom. The minimum atomic E-state index is 0.0998. The molecule has 2 aromatic rings. The summed E-state index contributed by atoms with van der Waals surface area (Å²) in [6, 6.07) is 7.48. The Morgan fingerprint density at radius 3 is 2.62 bits per heavy atom. The van der Waals surface area contributed by atoms with Gasteiger partial charge in [-0.3, -0.25) is 14.7 Å². The molecule has 0 aliphatic carbocycles. The van der Waals surface area contributed by atoms with Crippen molar-refractivity contribution >= 4 is 5.91 Å². The van der Waals surface area contributed by atoms with Gasteiger partial charge in [0.2, 0.25) is 11.8 Å². The number of piperidine rings is 1. The van der Waals surface area contributed by atoms with Crippen LogP contribution in [0.3, 0.4) is 0 Å². The summed E-state index contributed by atoms with van der Waals surface area (Å²) >= 11 is 0. The number of amides is 1. The van der Waals surface area contributed by atoms with Crippen molar-refractivity contribution in [3.63, 3.8) is 0 Å². The lowest BCUT2D eigenvalue weighted by molar-refractivity contribution is -0.133. The largest absolute Gasteiger partial charge is 0.493 e. The highest BCUT2D eigenvalue weighted by atomic mass is 16.5. The molecule has 156 valence electrons. The number of ether oxygens (including phenoxy) is 2. The third-order valence-corrected chi connectivity index (χ3v) is 5.38. The molecule has 0 radical (unpaired) electrons. The van der Waals surface area contributed by atoms with Gasteiger partial charge in [-0.25, -0.2) is 4.98 Å². The molecule has 1 aromatic heterocycles. The molecule has 1 aromatic carbocycles. The van der Waals surface area contributed by atoms with Crippen molar-refractivity contribution < 1.29 is 14.3 Å². The van der Waals surface area contributed by atoms with Crippen molar-refractivity contribution in [1.82, 2.24) is 19.8 Å². The predicted molar refractivity (Wildman–Crippen MR) is 111 cm³/mol. The molecule has 0 spiro atoms. The van der Waals surface area contributed by atoms with Crippen LogP contribution in [0.5, 0.6) is 17.4 Å². The number of carbonyl (C=O) groups excluding carboxylic acids is 1. The summed E-state index contributed by atoms with van der Waals surface area (Å²) in [4.78, 5) is 25.8. The van der Waals surface area contributed by atoms with Gasteiger partial charge in [0.05, 0.1) is 13.7 Å². The number of likely N-dealkylation sites (tertiary alicyclic amines) is 1. The van der Waals surface area contributed by atoms with Gasteiger partial charge >= 0.3 is 0 Å². The first-order chi connectivity index (χ1) is 14.2. The fraction of sp³-hybridized carbons (Fsp3) is 0.500. The standard InChI is InChI=1S/C22H30N4O3/c1-4-25(5-2)16-20(27)26-14-8-9-17(15-26)21-22(24-13-12-23-21)29-19-11-7-6-10-18(19)28-3/h6-7,10-13,17H,4-5,8-9,14-16H2,1-3H3/t17-/m0/s1. The molecule has 1 amide bonds. The number of methoxy groups -OCH3 is 1. The van der Waals surface area contributed by atoms with Gasteiger partial charge in [0.25, 0.3) is 0 Å². The van der Waals surface area contributed by atoms with Gasteiger partial charge in [-0.1, -0.05) is 26.0 Å². The summed E-state index contributed by atoms with van der Waals surface area (Å²) in [6.07, 6.45) is 5.21. The molecule has 7 nitrogen and oxygen atoms in total. The maximum atomic E-state index is 12.8. The second kappa shape index (κ2) is 10.2. The monoisotopic (exact) mass is 398 g/mol. The lowest BCUT2D eigenvalue weighted by Crippen LogP contribution is -2.44. The van der Waals surface area contributed by atoms with E-state index in [4.69, 9.17) is 9.47 Å². The fourth-order valence-electron chi connectivity index (χ4n) is 3.67. The van der Waals surface area contributed by atoms with Crippen LogP contribution in [0.15, 0.2) is 36.7 Å². The van der Waals surface area contributed by atoms with E-state index in [9.17, 15) is 4.79 Å². The van der Waals surface area contributed by atoms with Crippen molar-refractivity contribution in [2.75, 3.05) is 39.8 Å². The van der Waals surface area contributed by atoms with E-state index < -0.39 is 0 Å². The molecule has 2 heterocycles. The number of para-hydroxylation sites is 2. The van der Waals surface area contributed by atoms with E-state index in [1.807, 2.05) is 29.2 Å². The summed E-state index contributed by atoms with van der Waals surface area (Å²) in [6.45, 7) is 7.81. The number of nitrogens with zero attached hydrogens (tertiary/aromatic N) is 4. The Hall–Kier alpha value is -2.67. The van der Waals surface area contributed by atoms with Gasteiger partial charge < -0.3 is 14.4 Å². The van der Waals surface area contributed by atoms with E-state index in [1.165, 1.54) is 0 Å². The minimum absolute atomic E-state index is 0.0998.